The Morgan fingerprint density at radius 1 is 1.33 bits per heavy atom. The summed E-state index contributed by atoms with van der Waals surface area (Å²) in [5, 5.41) is 0. The van der Waals surface area contributed by atoms with Gasteiger partial charge in [0.25, 0.3) is 0 Å². The third kappa shape index (κ3) is 4.37. The highest BCUT2D eigenvalue weighted by atomic mass is 16.5. The van der Waals surface area contributed by atoms with Crippen LogP contribution < -0.4 is 10.5 Å². The first-order chi connectivity index (χ1) is 8.54. The number of hydrogen-bond donors (Lipinski definition) is 1. The molecule has 1 rings (SSSR count). The highest BCUT2D eigenvalue weighted by Crippen LogP contribution is 2.16. The lowest BCUT2D eigenvalue weighted by atomic mass is 10.1. The maximum absolute atomic E-state index is 11.5. The zero-order valence-corrected chi connectivity index (χ0v) is 11.4. The van der Waals surface area contributed by atoms with Crippen LogP contribution in [0.4, 0.5) is 0 Å². The number of carbonyl (C=O) groups excluding carboxylic acids is 1. The number of likely N-dealkylation sites (N-methyl/N-ethyl adjacent to an activating group) is 1. The van der Waals surface area contributed by atoms with Crippen molar-refractivity contribution in [3.05, 3.63) is 29.3 Å². The highest BCUT2D eigenvalue weighted by Gasteiger charge is 2.07. The Hall–Kier alpha value is -1.55. The molecular weight excluding hydrogens is 228 g/mol. The highest BCUT2D eigenvalue weighted by molar-refractivity contribution is 5.75. The molecule has 0 atom stereocenters. The molecule has 0 saturated carbocycles. The van der Waals surface area contributed by atoms with Gasteiger partial charge in [-0.25, -0.2) is 0 Å². The molecule has 0 fully saturated rings. The first-order valence-electron chi connectivity index (χ1n) is 6.18. The van der Waals surface area contributed by atoms with E-state index in [0.717, 1.165) is 5.75 Å². The summed E-state index contributed by atoms with van der Waals surface area (Å²) in [6, 6.07) is 6.00. The number of nitrogens with zero attached hydrogens (tertiary/aromatic N) is 1. The van der Waals surface area contributed by atoms with Crippen LogP contribution >= 0.6 is 0 Å². The van der Waals surface area contributed by atoms with Crippen LogP contribution in [-0.2, 0) is 4.79 Å². The van der Waals surface area contributed by atoms with Gasteiger partial charge in [-0.05, 0) is 37.1 Å². The molecule has 1 amide bonds. The number of rotatable bonds is 6. The molecule has 1 aromatic rings. The number of amides is 1. The fourth-order valence-electron chi connectivity index (χ4n) is 1.54. The smallest absolute Gasteiger partial charge is 0.223 e. The summed E-state index contributed by atoms with van der Waals surface area (Å²) in [7, 11) is 1.77. The lowest BCUT2D eigenvalue weighted by molar-refractivity contribution is -0.130. The average Bonchev–Trinajstić information content (AvgIpc) is 2.34. The van der Waals surface area contributed by atoms with Crippen LogP contribution in [0.25, 0.3) is 0 Å². The van der Waals surface area contributed by atoms with E-state index in [1.165, 1.54) is 11.1 Å². The Kier molecular flexibility index (Phi) is 5.65. The van der Waals surface area contributed by atoms with Crippen LogP contribution in [0.3, 0.4) is 0 Å². The van der Waals surface area contributed by atoms with Gasteiger partial charge in [0.05, 0.1) is 6.54 Å². The van der Waals surface area contributed by atoms with Gasteiger partial charge in [-0.2, -0.15) is 0 Å². The Morgan fingerprint density at radius 3 is 2.67 bits per heavy atom. The topological polar surface area (TPSA) is 55.6 Å². The molecule has 18 heavy (non-hydrogen) atoms. The van der Waals surface area contributed by atoms with Crippen molar-refractivity contribution in [2.75, 3.05) is 26.7 Å². The summed E-state index contributed by atoms with van der Waals surface area (Å²) in [6.45, 7) is 5.58. The number of carbonyl (C=O) groups is 1. The number of nitrogens with two attached hydrogens (primary N) is 1. The Bertz CT molecular complexity index is 405. The van der Waals surface area contributed by atoms with Crippen LogP contribution in [-0.4, -0.2) is 37.6 Å². The van der Waals surface area contributed by atoms with E-state index in [2.05, 4.69) is 13.8 Å². The van der Waals surface area contributed by atoms with Crippen LogP contribution in [0.2, 0.25) is 0 Å². The maximum Gasteiger partial charge on any atom is 0.223 e. The first-order valence-corrected chi connectivity index (χ1v) is 6.18. The first kappa shape index (κ1) is 14.5. The second-order valence-electron chi connectivity index (χ2n) is 4.45. The lowest BCUT2D eigenvalue weighted by Gasteiger charge is -2.17. The fraction of sp³-hybridized carbons (Fsp3) is 0.500. The molecule has 0 saturated heterocycles. The van der Waals surface area contributed by atoms with E-state index in [9.17, 15) is 4.79 Å². The molecular formula is C14H22N2O2. The van der Waals surface area contributed by atoms with E-state index in [0.29, 0.717) is 26.1 Å². The molecule has 0 unspecified atom stereocenters. The molecule has 0 spiro atoms. The van der Waals surface area contributed by atoms with E-state index in [1.807, 2.05) is 18.2 Å². The van der Waals surface area contributed by atoms with Crippen molar-refractivity contribution >= 4 is 5.91 Å². The monoisotopic (exact) mass is 250 g/mol. The zero-order chi connectivity index (χ0) is 13.5. The van der Waals surface area contributed by atoms with Crippen molar-refractivity contribution in [3.8, 4) is 5.75 Å². The number of hydrogen-bond acceptors (Lipinski definition) is 3. The second kappa shape index (κ2) is 7.01. The number of ether oxygens (including phenoxy) is 1. The summed E-state index contributed by atoms with van der Waals surface area (Å²) in [5.41, 5.74) is 7.80. The molecule has 0 aromatic heterocycles. The molecule has 0 aliphatic rings. The molecule has 0 bridgehead atoms. The van der Waals surface area contributed by atoms with Crippen molar-refractivity contribution in [1.29, 1.82) is 0 Å². The molecule has 100 valence electrons. The van der Waals surface area contributed by atoms with Gasteiger partial charge in [0.1, 0.15) is 12.4 Å². The summed E-state index contributed by atoms with van der Waals surface area (Å²) in [6.07, 6.45) is 0.389. The minimum absolute atomic E-state index is 0.0567. The summed E-state index contributed by atoms with van der Waals surface area (Å²) in [4.78, 5) is 13.1. The molecule has 0 aliphatic carbocycles. The molecule has 4 heteroatoms. The SMILES string of the molecule is Cc1ccc(OCCN(C)C(=O)CCN)cc1C. The molecule has 0 radical (unpaired) electrons. The third-order valence-corrected chi connectivity index (χ3v) is 2.96. The van der Waals surface area contributed by atoms with Gasteiger partial charge in [-0.3, -0.25) is 4.79 Å². The van der Waals surface area contributed by atoms with E-state index in [4.69, 9.17) is 10.5 Å². The van der Waals surface area contributed by atoms with E-state index in [1.54, 1.807) is 11.9 Å². The Morgan fingerprint density at radius 2 is 2.06 bits per heavy atom. The van der Waals surface area contributed by atoms with E-state index >= 15 is 0 Å². The molecule has 2 N–H and O–H groups in total. The molecule has 4 nitrogen and oxygen atoms in total. The summed E-state index contributed by atoms with van der Waals surface area (Å²) >= 11 is 0. The molecule has 1 aromatic carbocycles. The van der Waals surface area contributed by atoms with Crippen LogP contribution in [0.1, 0.15) is 17.5 Å². The van der Waals surface area contributed by atoms with Gasteiger partial charge in [-0.1, -0.05) is 6.07 Å². The predicted octanol–water partition coefficient (Wildman–Crippen LogP) is 1.49. The van der Waals surface area contributed by atoms with E-state index in [-0.39, 0.29) is 5.91 Å². The standard InChI is InChI=1S/C14H22N2O2/c1-11-4-5-13(10-12(11)2)18-9-8-16(3)14(17)6-7-15/h4-5,10H,6-9,15H2,1-3H3. The quantitative estimate of drug-likeness (QED) is 0.832. The minimum atomic E-state index is 0.0567. The van der Waals surface area contributed by atoms with Gasteiger partial charge in [0.15, 0.2) is 0 Å². The lowest BCUT2D eigenvalue weighted by Crippen LogP contribution is -2.32. The van der Waals surface area contributed by atoms with Gasteiger partial charge in [0, 0.05) is 20.0 Å². The van der Waals surface area contributed by atoms with Gasteiger partial charge >= 0.3 is 0 Å². The van der Waals surface area contributed by atoms with Crippen LogP contribution in [0.5, 0.6) is 5.75 Å². The van der Waals surface area contributed by atoms with Crippen molar-refractivity contribution in [3.63, 3.8) is 0 Å². The van der Waals surface area contributed by atoms with Crippen molar-refractivity contribution < 1.29 is 9.53 Å². The fourth-order valence-corrected chi connectivity index (χ4v) is 1.54. The largest absolute Gasteiger partial charge is 0.492 e. The van der Waals surface area contributed by atoms with Crippen molar-refractivity contribution in [2.24, 2.45) is 5.73 Å². The summed E-state index contributed by atoms with van der Waals surface area (Å²) in [5.74, 6) is 0.902. The van der Waals surface area contributed by atoms with Crippen LogP contribution in [0.15, 0.2) is 18.2 Å². The number of aryl methyl sites for hydroxylation is 2. The van der Waals surface area contributed by atoms with Gasteiger partial charge < -0.3 is 15.4 Å². The Labute approximate surface area is 109 Å². The van der Waals surface area contributed by atoms with Crippen molar-refractivity contribution in [2.45, 2.75) is 20.3 Å². The second-order valence-corrected chi connectivity index (χ2v) is 4.45. The third-order valence-electron chi connectivity index (χ3n) is 2.96. The predicted molar refractivity (Wildman–Crippen MR) is 72.7 cm³/mol. The Balaban J connectivity index is 2.37. The van der Waals surface area contributed by atoms with Crippen molar-refractivity contribution in [1.82, 2.24) is 4.90 Å². The zero-order valence-electron chi connectivity index (χ0n) is 11.4. The average molecular weight is 250 g/mol. The minimum Gasteiger partial charge on any atom is -0.492 e. The molecule has 0 heterocycles. The van der Waals surface area contributed by atoms with E-state index < -0.39 is 0 Å². The summed E-state index contributed by atoms with van der Waals surface area (Å²) < 4.78 is 5.62. The van der Waals surface area contributed by atoms with Crippen LogP contribution in [0, 0.1) is 13.8 Å². The normalized spacial score (nSPS) is 10.2. The number of benzene rings is 1. The van der Waals surface area contributed by atoms with Gasteiger partial charge in [-0.15, -0.1) is 0 Å². The van der Waals surface area contributed by atoms with Gasteiger partial charge in [0.2, 0.25) is 5.91 Å². The molecule has 0 aliphatic heterocycles. The maximum atomic E-state index is 11.5.